The van der Waals surface area contributed by atoms with Crippen LogP contribution in [0.15, 0.2) is 43.0 Å². The Morgan fingerprint density at radius 2 is 1.75 bits per heavy atom. The number of allylic oxidation sites excluding steroid dienone is 8. The Hall–Kier alpha value is -0.197. The molecule has 0 amide bonds. The van der Waals surface area contributed by atoms with Gasteiger partial charge in [-0.3, -0.25) is 0 Å². The van der Waals surface area contributed by atoms with Crippen molar-refractivity contribution in [2.45, 2.75) is 52.4 Å². The average Bonchev–Trinajstić information content (AvgIpc) is 3.16. The van der Waals surface area contributed by atoms with Gasteiger partial charge >= 0.3 is 133 Å². The van der Waals surface area contributed by atoms with Crippen molar-refractivity contribution in [3.05, 3.63) is 43.0 Å². The first-order valence-electron chi connectivity index (χ1n) is 8.07. The molecule has 1 unspecified atom stereocenters. The monoisotopic (exact) mass is 349 g/mol. The predicted octanol–water partition coefficient (Wildman–Crippen LogP) is 5.44. The molecule has 109 valence electrons. The number of unbranched alkanes of at least 4 members (excludes halogenated alkanes) is 1. The summed E-state index contributed by atoms with van der Waals surface area (Å²) >= 11 is -1.99. The predicted molar refractivity (Wildman–Crippen MR) is 82.9 cm³/mol. The van der Waals surface area contributed by atoms with Gasteiger partial charge in [0.05, 0.1) is 0 Å². The van der Waals surface area contributed by atoms with Crippen molar-refractivity contribution in [1.29, 1.82) is 0 Å². The van der Waals surface area contributed by atoms with Crippen LogP contribution in [-0.4, -0.2) is 6.61 Å². The fourth-order valence-electron chi connectivity index (χ4n) is 2.72. The first-order chi connectivity index (χ1) is 9.85. The zero-order valence-electron chi connectivity index (χ0n) is 12.9. The Morgan fingerprint density at radius 3 is 2.20 bits per heavy atom. The molecule has 2 rings (SSSR count). The van der Waals surface area contributed by atoms with Gasteiger partial charge in [-0.15, -0.1) is 0 Å². The van der Waals surface area contributed by atoms with E-state index < -0.39 is 22.2 Å². The van der Waals surface area contributed by atoms with Gasteiger partial charge in [0.15, 0.2) is 0 Å². The molecule has 0 saturated heterocycles. The van der Waals surface area contributed by atoms with Crippen LogP contribution in [0.25, 0.3) is 0 Å². The second-order valence-electron chi connectivity index (χ2n) is 5.70. The van der Waals surface area contributed by atoms with Crippen molar-refractivity contribution >= 4 is 0 Å². The molecule has 1 atom stereocenters. The molecule has 1 nitrogen and oxygen atoms in total. The Morgan fingerprint density at radius 1 is 1.10 bits per heavy atom. The van der Waals surface area contributed by atoms with E-state index in [4.69, 9.17) is 2.81 Å². The van der Waals surface area contributed by atoms with E-state index in [2.05, 4.69) is 50.3 Å². The summed E-state index contributed by atoms with van der Waals surface area (Å²) in [6.45, 7) is 5.57. The van der Waals surface area contributed by atoms with Crippen LogP contribution in [0.1, 0.15) is 52.4 Å². The van der Waals surface area contributed by atoms with E-state index in [-0.39, 0.29) is 0 Å². The molecule has 0 aromatic carbocycles. The maximum atomic E-state index is 6.54. The normalized spacial score (nSPS) is 18.3. The zero-order valence-corrected chi connectivity index (χ0v) is 15.4. The first-order valence-corrected chi connectivity index (χ1v) is 11.5. The third-order valence-electron chi connectivity index (χ3n) is 4.13. The van der Waals surface area contributed by atoms with Crippen LogP contribution in [0.5, 0.6) is 0 Å². The molecule has 2 aliphatic carbocycles. The van der Waals surface area contributed by atoms with E-state index in [1.807, 2.05) is 0 Å². The van der Waals surface area contributed by atoms with Gasteiger partial charge in [0.25, 0.3) is 0 Å². The van der Waals surface area contributed by atoms with Gasteiger partial charge in [-0.25, -0.2) is 0 Å². The van der Waals surface area contributed by atoms with E-state index in [1.165, 1.54) is 25.7 Å². The van der Waals surface area contributed by atoms with Gasteiger partial charge in [-0.1, -0.05) is 0 Å². The van der Waals surface area contributed by atoms with Crippen molar-refractivity contribution in [3.8, 4) is 0 Å². The Labute approximate surface area is 132 Å². The van der Waals surface area contributed by atoms with E-state index >= 15 is 0 Å². The van der Waals surface area contributed by atoms with Gasteiger partial charge in [0, 0.05) is 0 Å². The molecule has 0 aliphatic heterocycles. The topological polar surface area (TPSA) is 9.23 Å². The molecule has 0 radical (unpaired) electrons. The summed E-state index contributed by atoms with van der Waals surface area (Å²) in [6.07, 6.45) is 21.1. The summed E-state index contributed by atoms with van der Waals surface area (Å²) in [6, 6.07) is 0. The van der Waals surface area contributed by atoms with Crippen molar-refractivity contribution < 1.29 is 25.0 Å². The minimum absolute atomic E-state index is 0.760. The molecule has 2 heteroatoms. The number of hydrogen-bond donors (Lipinski definition) is 0. The fourth-order valence-corrected chi connectivity index (χ4v) is 8.34. The molecule has 0 heterocycles. The molecular formula is C18H27OZr. The second kappa shape index (κ2) is 8.95. The van der Waals surface area contributed by atoms with Gasteiger partial charge in [-0.2, -0.15) is 0 Å². The van der Waals surface area contributed by atoms with E-state index in [0.29, 0.717) is 0 Å². The quantitative estimate of drug-likeness (QED) is 0.538. The molecule has 0 aromatic rings. The summed E-state index contributed by atoms with van der Waals surface area (Å²) in [5.74, 6) is 0.760. The Bertz CT molecular complexity index is 387. The maximum absolute atomic E-state index is 6.54. The Kier molecular flexibility index (Phi) is 7.24. The molecule has 0 N–H and O–H groups in total. The summed E-state index contributed by atoms with van der Waals surface area (Å²) in [5, 5.41) is 0. The summed E-state index contributed by atoms with van der Waals surface area (Å²) < 4.78 is 9.78. The first kappa shape index (κ1) is 16.2. The van der Waals surface area contributed by atoms with Crippen LogP contribution < -0.4 is 0 Å². The van der Waals surface area contributed by atoms with Gasteiger partial charge in [0.2, 0.25) is 0 Å². The summed E-state index contributed by atoms with van der Waals surface area (Å²) in [4.78, 5) is 0. The van der Waals surface area contributed by atoms with Crippen molar-refractivity contribution in [3.63, 3.8) is 0 Å². The van der Waals surface area contributed by atoms with Crippen LogP contribution in [-0.2, 0) is 25.0 Å². The van der Waals surface area contributed by atoms with E-state index in [9.17, 15) is 0 Å². The number of hydrogen-bond acceptors (Lipinski definition) is 1. The van der Waals surface area contributed by atoms with Crippen molar-refractivity contribution in [2.75, 3.05) is 6.61 Å². The third-order valence-corrected chi connectivity index (χ3v) is 9.94. The number of rotatable bonds is 9. The van der Waals surface area contributed by atoms with E-state index in [1.54, 1.807) is 6.56 Å². The summed E-state index contributed by atoms with van der Waals surface area (Å²) in [5.41, 5.74) is 0. The van der Waals surface area contributed by atoms with Crippen molar-refractivity contribution in [2.24, 2.45) is 5.92 Å². The van der Waals surface area contributed by atoms with Gasteiger partial charge in [-0.05, 0) is 0 Å². The van der Waals surface area contributed by atoms with Gasteiger partial charge in [0.1, 0.15) is 0 Å². The average molecular weight is 351 g/mol. The molecule has 0 fully saturated rings. The molecule has 2 aliphatic rings. The van der Waals surface area contributed by atoms with Crippen LogP contribution in [0.4, 0.5) is 0 Å². The van der Waals surface area contributed by atoms with Crippen LogP contribution >= 0.6 is 0 Å². The third kappa shape index (κ3) is 4.67. The van der Waals surface area contributed by atoms with E-state index in [0.717, 1.165) is 25.4 Å². The molecule has 0 aromatic heterocycles. The van der Waals surface area contributed by atoms with Gasteiger partial charge < -0.3 is 0 Å². The van der Waals surface area contributed by atoms with Crippen LogP contribution in [0.3, 0.4) is 0 Å². The molecule has 0 bridgehead atoms. The molecule has 0 saturated carbocycles. The Balaban J connectivity index is 1.90. The fraction of sp³-hybridized carbons (Fsp3) is 0.556. The molecule has 0 spiro atoms. The standard InChI is InChI=1S/C8H17O.2C5H5.Zr/c1-3-5-6-8(4-2)7-9;2*1-2-4-5-3-1;/h8H,3-7H2,1-2H3;2*1-3H,4H2;/q-1;;;+1. The van der Waals surface area contributed by atoms with Crippen LogP contribution in [0, 0.1) is 5.92 Å². The van der Waals surface area contributed by atoms with Crippen molar-refractivity contribution in [1.82, 2.24) is 0 Å². The second-order valence-corrected chi connectivity index (χ2v) is 11.2. The SMILES string of the molecule is CCCCC(CC)C[O][Zr]([C]1=CC=CC1)[C]1=CC=CC1. The van der Waals surface area contributed by atoms with Crippen LogP contribution in [0.2, 0.25) is 0 Å². The zero-order chi connectivity index (χ0) is 14.2. The molecule has 20 heavy (non-hydrogen) atoms. The minimum atomic E-state index is -1.99. The molecular weight excluding hydrogens is 323 g/mol. The summed E-state index contributed by atoms with van der Waals surface area (Å²) in [7, 11) is 0.